The Labute approximate surface area is 180 Å². The lowest BCUT2D eigenvalue weighted by atomic mass is 10.2. The van der Waals surface area contributed by atoms with E-state index in [0.717, 1.165) is 0 Å². The van der Waals surface area contributed by atoms with E-state index in [9.17, 15) is 0 Å². The third-order valence-corrected chi connectivity index (χ3v) is 10.5. The lowest BCUT2D eigenvalue weighted by Gasteiger charge is -1.92. The highest BCUT2D eigenvalue weighted by atomic mass is 127. The minimum Gasteiger partial charge on any atom is -0.134 e. The Kier molecular flexibility index (Phi) is 3.31. The van der Waals surface area contributed by atoms with E-state index >= 15 is 0 Å². The average Bonchev–Trinajstić information content (AvgIpc) is 3.23. The summed E-state index contributed by atoms with van der Waals surface area (Å²) < 4.78 is 11.3. The molecule has 116 valence electrons. The summed E-state index contributed by atoms with van der Waals surface area (Å²) in [5, 5.41) is 5.61. The highest BCUT2D eigenvalue weighted by Crippen LogP contribution is 2.47. The third kappa shape index (κ3) is 2.10. The van der Waals surface area contributed by atoms with Crippen LogP contribution in [0.5, 0.6) is 0 Å². The van der Waals surface area contributed by atoms with Crippen molar-refractivity contribution in [3.63, 3.8) is 0 Å². The van der Waals surface area contributed by atoms with Crippen molar-refractivity contribution < 1.29 is 0 Å². The van der Waals surface area contributed by atoms with Crippen molar-refractivity contribution in [2.45, 2.75) is 0 Å². The number of fused-ring (bicyclic) bond motifs is 7. The van der Waals surface area contributed by atoms with E-state index in [1.54, 1.807) is 0 Å². The van der Waals surface area contributed by atoms with Crippen LogP contribution in [-0.2, 0) is 0 Å². The average molecular weight is 604 g/mol. The molecule has 0 aliphatic heterocycles. The van der Waals surface area contributed by atoms with E-state index in [4.69, 9.17) is 0 Å². The fraction of sp³-hybridized carbons (Fsp3) is 0. The van der Waals surface area contributed by atoms with Crippen LogP contribution < -0.4 is 0 Å². The molecule has 6 aromatic rings. The minimum absolute atomic E-state index is 1.36. The quantitative estimate of drug-likeness (QED) is 0.152. The highest BCUT2D eigenvalue weighted by molar-refractivity contribution is 14.1. The van der Waals surface area contributed by atoms with Gasteiger partial charge in [-0.3, -0.25) is 0 Å². The van der Waals surface area contributed by atoms with Crippen molar-refractivity contribution in [3.8, 4) is 0 Å². The standard InChI is InChI=1S/C18H6I2S4/c19-15-3-7-1-9-13(5-11(7)21-15)23-18-10-2-8-4-16(20)22-12(8)6-14(10)24-17(9)18/h1-6H. The Morgan fingerprint density at radius 3 is 1.42 bits per heavy atom. The molecular weight excluding hydrogens is 598 g/mol. The first-order valence-corrected chi connectivity index (χ1v) is 12.6. The molecule has 2 aromatic carbocycles. The van der Waals surface area contributed by atoms with Gasteiger partial charge in [-0.25, -0.2) is 0 Å². The Balaban J connectivity index is 1.79. The molecule has 0 nitrogen and oxygen atoms in total. The molecule has 0 unspecified atom stereocenters. The number of hydrogen-bond donors (Lipinski definition) is 0. The van der Waals surface area contributed by atoms with Crippen molar-refractivity contribution in [3.05, 3.63) is 42.2 Å². The molecule has 0 aliphatic rings. The maximum Gasteiger partial charge on any atom is 0.0666 e. The van der Waals surface area contributed by atoms with Crippen molar-refractivity contribution in [2.24, 2.45) is 0 Å². The van der Waals surface area contributed by atoms with Crippen LogP contribution in [-0.4, -0.2) is 0 Å². The van der Waals surface area contributed by atoms with Gasteiger partial charge in [-0.1, -0.05) is 0 Å². The molecule has 4 aromatic heterocycles. The van der Waals surface area contributed by atoms with Gasteiger partial charge in [-0.2, -0.15) is 0 Å². The monoisotopic (exact) mass is 604 g/mol. The van der Waals surface area contributed by atoms with Crippen LogP contribution in [0.2, 0.25) is 0 Å². The summed E-state index contributed by atoms with van der Waals surface area (Å²) in [5.74, 6) is 0. The molecule has 0 saturated carbocycles. The van der Waals surface area contributed by atoms with Crippen LogP contribution in [0.15, 0.2) is 36.4 Å². The summed E-state index contributed by atoms with van der Waals surface area (Å²) >= 11 is 12.5. The first kappa shape index (κ1) is 15.1. The molecular formula is C18H6I2S4. The van der Waals surface area contributed by atoms with Crippen LogP contribution >= 0.6 is 90.5 Å². The van der Waals surface area contributed by atoms with E-state index in [1.165, 1.54) is 55.5 Å². The van der Waals surface area contributed by atoms with Crippen molar-refractivity contribution in [2.75, 3.05) is 0 Å². The summed E-state index contributed by atoms with van der Waals surface area (Å²) in [7, 11) is 0. The van der Waals surface area contributed by atoms with E-state index in [0.29, 0.717) is 0 Å². The largest absolute Gasteiger partial charge is 0.134 e. The van der Waals surface area contributed by atoms with Gasteiger partial charge in [0.05, 0.1) is 15.2 Å². The Bertz CT molecular complexity index is 1320. The van der Waals surface area contributed by atoms with Crippen LogP contribution in [0.1, 0.15) is 0 Å². The zero-order chi connectivity index (χ0) is 16.0. The van der Waals surface area contributed by atoms with E-state index in [-0.39, 0.29) is 0 Å². The van der Waals surface area contributed by atoms with E-state index < -0.39 is 0 Å². The van der Waals surface area contributed by atoms with Crippen LogP contribution in [0.25, 0.3) is 49.7 Å². The van der Waals surface area contributed by atoms with Crippen LogP contribution in [0, 0.1) is 5.77 Å². The van der Waals surface area contributed by atoms with Gasteiger partial charge in [0.1, 0.15) is 0 Å². The fourth-order valence-corrected chi connectivity index (χ4v) is 9.80. The molecule has 0 amide bonds. The maximum absolute atomic E-state index is 2.42. The molecule has 4 heterocycles. The Morgan fingerprint density at radius 1 is 0.500 bits per heavy atom. The zero-order valence-electron chi connectivity index (χ0n) is 11.9. The third-order valence-electron chi connectivity index (χ3n) is 4.30. The van der Waals surface area contributed by atoms with Gasteiger partial charge in [0, 0.05) is 29.6 Å². The summed E-state index contributed by atoms with van der Waals surface area (Å²) in [6, 6.07) is 14.1. The maximum atomic E-state index is 2.42. The van der Waals surface area contributed by atoms with Crippen LogP contribution in [0.3, 0.4) is 0 Å². The van der Waals surface area contributed by atoms with Crippen LogP contribution in [0.4, 0.5) is 0 Å². The van der Waals surface area contributed by atoms with Crippen molar-refractivity contribution >= 4 is 140 Å². The number of hydrogen-bond acceptors (Lipinski definition) is 4. The van der Waals surface area contributed by atoms with Gasteiger partial charge in [0.2, 0.25) is 0 Å². The second-order valence-corrected chi connectivity index (χ2v) is 13.8. The smallest absolute Gasteiger partial charge is 0.0666 e. The van der Waals surface area contributed by atoms with E-state index in [1.807, 2.05) is 45.3 Å². The molecule has 0 spiro atoms. The lowest BCUT2D eigenvalue weighted by Crippen LogP contribution is -1.63. The predicted octanol–water partition coefficient (Wildman–Crippen LogP) is 8.91. The Hall–Kier alpha value is -0.0000000000000000833. The van der Waals surface area contributed by atoms with Gasteiger partial charge in [-0.15, -0.1) is 45.3 Å². The molecule has 0 aliphatic carbocycles. The molecule has 6 heteroatoms. The highest BCUT2D eigenvalue weighted by Gasteiger charge is 2.15. The molecule has 24 heavy (non-hydrogen) atoms. The molecule has 0 atom stereocenters. The second kappa shape index (κ2) is 5.26. The number of thiophene rings is 4. The minimum atomic E-state index is 1.36. The summed E-state index contributed by atoms with van der Waals surface area (Å²) in [5.41, 5.74) is 0. The predicted molar refractivity (Wildman–Crippen MR) is 131 cm³/mol. The molecule has 0 fully saturated rings. The molecule has 6 rings (SSSR count). The van der Waals surface area contributed by atoms with Gasteiger partial charge < -0.3 is 0 Å². The molecule has 0 bridgehead atoms. The fourth-order valence-electron chi connectivity index (χ4n) is 3.26. The Morgan fingerprint density at radius 2 is 0.958 bits per heavy atom. The van der Waals surface area contributed by atoms with Gasteiger partial charge in [0.25, 0.3) is 0 Å². The number of rotatable bonds is 0. The van der Waals surface area contributed by atoms with E-state index in [2.05, 4.69) is 81.6 Å². The first-order chi connectivity index (χ1) is 11.7. The van der Waals surface area contributed by atoms with Crippen molar-refractivity contribution in [1.82, 2.24) is 0 Å². The topological polar surface area (TPSA) is 0 Å². The van der Waals surface area contributed by atoms with Gasteiger partial charge in [0.15, 0.2) is 0 Å². The molecule has 0 radical (unpaired) electrons. The van der Waals surface area contributed by atoms with Gasteiger partial charge >= 0.3 is 0 Å². The lowest BCUT2D eigenvalue weighted by molar-refractivity contribution is 2.02. The normalized spacial score (nSPS) is 12.6. The number of halogens is 2. The number of benzene rings is 2. The summed E-state index contributed by atoms with van der Waals surface area (Å²) in [4.78, 5) is 0. The first-order valence-electron chi connectivity index (χ1n) is 7.23. The molecule has 0 N–H and O–H groups in total. The van der Waals surface area contributed by atoms with Gasteiger partial charge in [-0.05, 0) is 92.4 Å². The summed E-state index contributed by atoms with van der Waals surface area (Å²) in [6.45, 7) is 0. The SMILES string of the molecule is Ic1cc2cc3c(cc2s1)sc1c2cc4cc(I)sc4cc2sc31. The zero-order valence-corrected chi connectivity index (χ0v) is 19.4. The van der Waals surface area contributed by atoms with Crippen molar-refractivity contribution in [1.29, 1.82) is 0 Å². The molecule has 0 saturated heterocycles. The summed E-state index contributed by atoms with van der Waals surface area (Å²) in [6.07, 6.45) is 0. The second-order valence-electron chi connectivity index (χ2n) is 5.74.